The Kier molecular flexibility index (Phi) is 4.13. The van der Waals surface area contributed by atoms with Crippen LogP contribution in [0.15, 0.2) is 18.2 Å². The summed E-state index contributed by atoms with van der Waals surface area (Å²) in [7, 11) is 1.88. The zero-order valence-electron chi connectivity index (χ0n) is 12.2. The first-order chi connectivity index (χ1) is 9.04. The molecule has 0 atom stereocenters. The van der Waals surface area contributed by atoms with E-state index in [4.69, 9.17) is 0 Å². The van der Waals surface area contributed by atoms with E-state index in [9.17, 15) is 4.79 Å². The maximum Gasteiger partial charge on any atom is 0.251 e. The van der Waals surface area contributed by atoms with Crippen molar-refractivity contribution < 1.29 is 4.79 Å². The van der Waals surface area contributed by atoms with Crippen LogP contribution in [0.5, 0.6) is 0 Å². The van der Waals surface area contributed by atoms with Crippen molar-refractivity contribution in [1.82, 2.24) is 5.32 Å². The summed E-state index contributed by atoms with van der Waals surface area (Å²) in [5.74, 6) is 0.0493. The van der Waals surface area contributed by atoms with Crippen LogP contribution in [0, 0.1) is 12.3 Å². The highest BCUT2D eigenvalue weighted by molar-refractivity contribution is 5.96. The van der Waals surface area contributed by atoms with Crippen LogP contribution in [0.3, 0.4) is 0 Å². The quantitative estimate of drug-likeness (QED) is 0.871. The van der Waals surface area contributed by atoms with E-state index < -0.39 is 0 Å². The highest BCUT2D eigenvalue weighted by Gasteiger charge is 2.29. The predicted octanol–water partition coefficient (Wildman–Crippen LogP) is 3.35. The van der Waals surface area contributed by atoms with Gasteiger partial charge in [0.15, 0.2) is 0 Å². The lowest BCUT2D eigenvalue weighted by Crippen LogP contribution is -2.34. The standard InChI is InChI=1S/C16H24N2O/c1-12-10-13(17-3)6-7-14(12)15(19)18-11-16(2)8-4-5-9-16/h6-7,10,17H,4-5,8-9,11H2,1-3H3,(H,18,19). The number of anilines is 1. The minimum absolute atomic E-state index is 0.0493. The van der Waals surface area contributed by atoms with Gasteiger partial charge >= 0.3 is 0 Å². The number of nitrogens with one attached hydrogen (secondary N) is 2. The summed E-state index contributed by atoms with van der Waals surface area (Å²) in [6, 6.07) is 5.85. The van der Waals surface area contributed by atoms with Gasteiger partial charge in [-0.05, 0) is 48.9 Å². The fraction of sp³-hybridized carbons (Fsp3) is 0.562. The number of aryl methyl sites for hydroxylation is 1. The molecule has 1 aromatic carbocycles. The summed E-state index contributed by atoms with van der Waals surface area (Å²) >= 11 is 0. The van der Waals surface area contributed by atoms with Gasteiger partial charge in [-0.2, -0.15) is 0 Å². The van der Waals surface area contributed by atoms with Crippen LogP contribution in [0.4, 0.5) is 5.69 Å². The summed E-state index contributed by atoms with van der Waals surface area (Å²) in [5, 5.41) is 6.19. The van der Waals surface area contributed by atoms with Crippen molar-refractivity contribution in [2.24, 2.45) is 5.41 Å². The second-order valence-corrected chi connectivity index (χ2v) is 5.98. The van der Waals surface area contributed by atoms with E-state index >= 15 is 0 Å². The maximum atomic E-state index is 12.2. The number of benzene rings is 1. The second-order valence-electron chi connectivity index (χ2n) is 5.98. The highest BCUT2D eigenvalue weighted by Crippen LogP contribution is 2.36. The number of hydrogen-bond donors (Lipinski definition) is 2. The molecule has 2 N–H and O–H groups in total. The van der Waals surface area contributed by atoms with Crippen LogP contribution in [-0.4, -0.2) is 19.5 Å². The Morgan fingerprint density at radius 3 is 2.58 bits per heavy atom. The van der Waals surface area contributed by atoms with Crippen LogP contribution >= 0.6 is 0 Å². The lowest BCUT2D eigenvalue weighted by atomic mass is 9.89. The van der Waals surface area contributed by atoms with Gasteiger partial charge in [0.2, 0.25) is 0 Å². The van der Waals surface area contributed by atoms with E-state index in [1.54, 1.807) is 0 Å². The number of amides is 1. The first-order valence-corrected chi connectivity index (χ1v) is 7.11. The summed E-state index contributed by atoms with van der Waals surface area (Å²) in [5.41, 5.74) is 3.13. The van der Waals surface area contributed by atoms with E-state index in [0.717, 1.165) is 23.4 Å². The topological polar surface area (TPSA) is 41.1 Å². The second kappa shape index (κ2) is 5.64. The Balaban J connectivity index is 2.00. The first kappa shape index (κ1) is 13.9. The lowest BCUT2D eigenvalue weighted by Gasteiger charge is -2.24. The van der Waals surface area contributed by atoms with Crippen molar-refractivity contribution in [3.63, 3.8) is 0 Å². The molecule has 1 aliphatic carbocycles. The molecule has 0 saturated heterocycles. The maximum absolute atomic E-state index is 12.2. The van der Waals surface area contributed by atoms with Gasteiger partial charge in [0.05, 0.1) is 0 Å². The summed E-state index contributed by atoms with van der Waals surface area (Å²) in [6.45, 7) is 5.04. The van der Waals surface area contributed by atoms with E-state index in [0.29, 0.717) is 5.41 Å². The third-order valence-electron chi connectivity index (χ3n) is 4.25. The van der Waals surface area contributed by atoms with Gasteiger partial charge in [-0.25, -0.2) is 0 Å². The van der Waals surface area contributed by atoms with Gasteiger partial charge in [-0.15, -0.1) is 0 Å². The molecule has 3 nitrogen and oxygen atoms in total. The molecule has 0 aliphatic heterocycles. The van der Waals surface area contributed by atoms with Gasteiger partial charge in [-0.3, -0.25) is 4.79 Å². The van der Waals surface area contributed by atoms with Crippen molar-refractivity contribution in [2.45, 2.75) is 39.5 Å². The third-order valence-corrected chi connectivity index (χ3v) is 4.25. The average Bonchev–Trinajstić information content (AvgIpc) is 2.83. The first-order valence-electron chi connectivity index (χ1n) is 7.11. The minimum atomic E-state index is 0.0493. The van der Waals surface area contributed by atoms with Crippen molar-refractivity contribution in [2.75, 3.05) is 18.9 Å². The van der Waals surface area contributed by atoms with Crippen LogP contribution < -0.4 is 10.6 Å². The molecule has 0 aromatic heterocycles. The molecular weight excluding hydrogens is 236 g/mol. The van der Waals surface area contributed by atoms with Gasteiger partial charge in [0.25, 0.3) is 5.91 Å². The van der Waals surface area contributed by atoms with Crippen LogP contribution in [0.1, 0.15) is 48.5 Å². The number of carbonyl (C=O) groups is 1. The molecule has 0 unspecified atom stereocenters. The zero-order valence-corrected chi connectivity index (χ0v) is 12.2. The molecule has 1 fully saturated rings. The zero-order chi connectivity index (χ0) is 13.9. The van der Waals surface area contributed by atoms with E-state index in [1.165, 1.54) is 25.7 Å². The van der Waals surface area contributed by atoms with Gasteiger partial charge in [0, 0.05) is 24.8 Å². The van der Waals surface area contributed by atoms with Crippen LogP contribution in [0.2, 0.25) is 0 Å². The molecule has 1 saturated carbocycles. The van der Waals surface area contributed by atoms with Crippen molar-refractivity contribution in [3.8, 4) is 0 Å². The van der Waals surface area contributed by atoms with Gasteiger partial charge in [-0.1, -0.05) is 19.8 Å². The Bertz CT molecular complexity index is 462. The molecule has 104 valence electrons. The summed E-state index contributed by atoms with van der Waals surface area (Å²) < 4.78 is 0. The molecule has 3 heteroatoms. The van der Waals surface area contributed by atoms with Crippen LogP contribution in [-0.2, 0) is 0 Å². The Labute approximate surface area is 115 Å². The summed E-state index contributed by atoms with van der Waals surface area (Å²) in [6.07, 6.45) is 5.04. The lowest BCUT2D eigenvalue weighted by molar-refractivity contribution is 0.0933. The molecule has 1 amide bonds. The molecule has 0 spiro atoms. The van der Waals surface area contributed by atoms with Gasteiger partial charge < -0.3 is 10.6 Å². The number of rotatable bonds is 4. The monoisotopic (exact) mass is 260 g/mol. The molecule has 0 heterocycles. The molecular formula is C16H24N2O. The molecule has 1 aliphatic rings. The van der Waals surface area contributed by atoms with Gasteiger partial charge in [0.1, 0.15) is 0 Å². The van der Waals surface area contributed by atoms with Crippen molar-refractivity contribution in [1.29, 1.82) is 0 Å². The van der Waals surface area contributed by atoms with Crippen LogP contribution in [0.25, 0.3) is 0 Å². The molecule has 1 aromatic rings. The number of carbonyl (C=O) groups excluding carboxylic acids is 1. The highest BCUT2D eigenvalue weighted by atomic mass is 16.1. The summed E-state index contributed by atoms with van der Waals surface area (Å²) in [4.78, 5) is 12.2. The largest absolute Gasteiger partial charge is 0.388 e. The Morgan fingerprint density at radius 2 is 2.00 bits per heavy atom. The minimum Gasteiger partial charge on any atom is -0.388 e. The molecule has 2 rings (SSSR count). The molecule has 0 bridgehead atoms. The molecule has 0 radical (unpaired) electrons. The predicted molar refractivity (Wildman–Crippen MR) is 79.6 cm³/mol. The van der Waals surface area contributed by atoms with Crippen molar-refractivity contribution in [3.05, 3.63) is 29.3 Å². The van der Waals surface area contributed by atoms with E-state index in [2.05, 4.69) is 17.6 Å². The van der Waals surface area contributed by atoms with E-state index in [1.807, 2.05) is 32.2 Å². The van der Waals surface area contributed by atoms with Crippen molar-refractivity contribution >= 4 is 11.6 Å². The molecule has 19 heavy (non-hydrogen) atoms. The smallest absolute Gasteiger partial charge is 0.251 e. The Hall–Kier alpha value is -1.51. The number of hydrogen-bond acceptors (Lipinski definition) is 2. The Morgan fingerprint density at radius 1 is 1.32 bits per heavy atom. The fourth-order valence-corrected chi connectivity index (χ4v) is 2.87. The average molecular weight is 260 g/mol. The fourth-order valence-electron chi connectivity index (χ4n) is 2.87. The third kappa shape index (κ3) is 3.28. The normalized spacial score (nSPS) is 17.2. The SMILES string of the molecule is CNc1ccc(C(=O)NCC2(C)CCCC2)c(C)c1. The van der Waals surface area contributed by atoms with E-state index in [-0.39, 0.29) is 5.91 Å².